The largest absolute Gasteiger partial charge is 0.416 e. The molecule has 0 spiro atoms. The number of anilines is 5. The van der Waals surface area contributed by atoms with Crippen molar-refractivity contribution in [1.82, 2.24) is 14.9 Å². The molecule has 3 N–H and O–H groups in total. The quantitative estimate of drug-likeness (QED) is 0.164. The predicted molar refractivity (Wildman–Crippen MR) is 167 cm³/mol. The number of carbonyl (C=O) groups excluding carboxylic acids is 2. The van der Waals surface area contributed by atoms with Crippen molar-refractivity contribution in [3.05, 3.63) is 105 Å². The summed E-state index contributed by atoms with van der Waals surface area (Å²) in [6.45, 7) is 5.61. The van der Waals surface area contributed by atoms with E-state index in [1.807, 2.05) is 24.3 Å². The molecule has 2 amide bonds. The molecule has 4 aromatic rings. The maximum absolute atomic E-state index is 13.3. The zero-order chi connectivity index (χ0) is 33.0. The molecular weight excluding hydrogens is 605 g/mol. The monoisotopic (exact) mass is 634 g/mol. The number of hydrogen-bond donors (Lipinski definition) is 3. The molecule has 2 heterocycles. The number of aryl methyl sites for hydroxylation is 1. The molecular formula is C31H29F3N8O4. The Bertz CT molecular complexity index is 1760. The summed E-state index contributed by atoms with van der Waals surface area (Å²) in [6.07, 6.45) is -2.05. The van der Waals surface area contributed by atoms with E-state index in [4.69, 9.17) is 0 Å². The normalized spacial score (nSPS) is 13.6. The number of nitro groups is 1. The Kier molecular flexibility index (Phi) is 9.13. The number of alkyl halides is 3. The first-order valence-corrected chi connectivity index (χ1v) is 14.1. The Labute approximate surface area is 261 Å². The van der Waals surface area contributed by atoms with Crippen LogP contribution in [0, 0.1) is 17.0 Å². The minimum Gasteiger partial charge on any atom is -0.369 e. The SMILES string of the molecule is Cc1ccc(NC(=O)c2cc([N+](=O)[O-])cc(C(F)(F)F)c2)cc1C(=O)Nc1cnc(Nc2ccc(N3CCN(C)CC3)cc2)nc1. The zero-order valence-electron chi connectivity index (χ0n) is 24.8. The lowest BCUT2D eigenvalue weighted by Crippen LogP contribution is -2.44. The third-order valence-electron chi connectivity index (χ3n) is 7.36. The minimum atomic E-state index is -4.90. The third kappa shape index (κ3) is 7.74. The van der Waals surface area contributed by atoms with E-state index < -0.39 is 39.7 Å². The predicted octanol–water partition coefficient (Wildman–Crippen LogP) is 5.71. The number of nitrogens with one attached hydrogen (secondary N) is 3. The van der Waals surface area contributed by atoms with E-state index in [9.17, 15) is 32.9 Å². The lowest BCUT2D eigenvalue weighted by Gasteiger charge is -2.34. The van der Waals surface area contributed by atoms with Gasteiger partial charge in [-0.1, -0.05) is 6.07 Å². The molecule has 0 atom stereocenters. The van der Waals surface area contributed by atoms with Crippen LogP contribution in [-0.4, -0.2) is 64.8 Å². The Morgan fingerprint density at radius 3 is 2.11 bits per heavy atom. The highest BCUT2D eigenvalue weighted by atomic mass is 19.4. The average Bonchev–Trinajstić information content (AvgIpc) is 3.03. The number of non-ortho nitro benzene ring substituents is 1. The van der Waals surface area contributed by atoms with Gasteiger partial charge in [-0.25, -0.2) is 9.97 Å². The number of likely N-dealkylation sites (N-methyl/N-ethyl adjacent to an activating group) is 1. The van der Waals surface area contributed by atoms with Gasteiger partial charge in [0.2, 0.25) is 5.95 Å². The van der Waals surface area contributed by atoms with E-state index in [2.05, 4.69) is 42.8 Å². The van der Waals surface area contributed by atoms with E-state index in [1.165, 1.54) is 30.6 Å². The van der Waals surface area contributed by atoms with Gasteiger partial charge in [-0.3, -0.25) is 19.7 Å². The Hall–Kier alpha value is -5.57. The molecule has 1 aromatic heterocycles. The van der Waals surface area contributed by atoms with Crippen LogP contribution in [0.3, 0.4) is 0 Å². The molecule has 1 aliphatic rings. The van der Waals surface area contributed by atoms with Crippen LogP contribution in [0.2, 0.25) is 0 Å². The summed E-state index contributed by atoms with van der Waals surface area (Å²) >= 11 is 0. The van der Waals surface area contributed by atoms with Gasteiger partial charge in [0, 0.05) is 66.5 Å². The van der Waals surface area contributed by atoms with Crippen molar-refractivity contribution in [3.8, 4) is 0 Å². The van der Waals surface area contributed by atoms with E-state index in [0.717, 1.165) is 43.6 Å². The zero-order valence-corrected chi connectivity index (χ0v) is 24.8. The standard InChI is InChI=1S/C31H29F3N8O4/c1-19-3-4-23(37-28(43)20-13-21(31(32,33)34)15-26(14-20)42(45)46)16-27(19)29(44)38-24-17-35-30(36-18-24)39-22-5-7-25(8-6-22)41-11-9-40(2)10-12-41/h3-8,13-18H,9-12H2,1-2H3,(H,37,43)(H,38,44)(H,35,36,39). The Morgan fingerprint density at radius 1 is 0.848 bits per heavy atom. The maximum Gasteiger partial charge on any atom is 0.416 e. The van der Waals surface area contributed by atoms with Crippen molar-refractivity contribution in [3.63, 3.8) is 0 Å². The fourth-order valence-corrected chi connectivity index (χ4v) is 4.76. The lowest BCUT2D eigenvalue weighted by atomic mass is 10.1. The molecule has 1 fully saturated rings. The summed E-state index contributed by atoms with van der Waals surface area (Å²) in [6, 6.07) is 13.9. The molecule has 0 unspecified atom stereocenters. The smallest absolute Gasteiger partial charge is 0.369 e. The second kappa shape index (κ2) is 13.2. The van der Waals surface area contributed by atoms with Gasteiger partial charge < -0.3 is 25.8 Å². The summed E-state index contributed by atoms with van der Waals surface area (Å²) in [4.78, 5) is 49.1. The number of nitrogens with zero attached hydrogens (tertiary/aromatic N) is 5. The number of piperazine rings is 1. The van der Waals surface area contributed by atoms with Crippen LogP contribution in [0.15, 0.2) is 73.1 Å². The minimum absolute atomic E-state index is 0.0928. The van der Waals surface area contributed by atoms with Gasteiger partial charge in [-0.05, 0) is 62.0 Å². The van der Waals surface area contributed by atoms with Crippen molar-refractivity contribution >= 4 is 46.2 Å². The molecule has 1 aliphatic heterocycles. The molecule has 15 heteroatoms. The van der Waals surface area contributed by atoms with E-state index in [1.54, 1.807) is 6.92 Å². The van der Waals surface area contributed by atoms with Crippen LogP contribution in [0.4, 0.5) is 47.6 Å². The third-order valence-corrected chi connectivity index (χ3v) is 7.36. The summed E-state index contributed by atoms with van der Waals surface area (Å²) in [7, 11) is 2.11. The van der Waals surface area contributed by atoms with Gasteiger partial charge >= 0.3 is 6.18 Å². The maximum atomic E-state index is 13.3. The number of rotatable bonds is 8. The summed E-state index contributed by atoms with van der Waals surface area (Å²) in [5.74, 6) is -1.25. The van der Waals surface area contributed by atoms with Crippen LogP contribution >= 0.6 is 0 Å². The van der Waals surface area contributed by atoms with Crippen molar-refractivity contribution < 1.29 is 27.7 Å². The number of amides is 2. The highest BCUT2D eigenvalue weighted by Gasteiger charge is 2.33. The van der Waals surface area contributed by atoms with Crippen LogP contribution in [-0.2, 0) is 6.18 Å². The highest BCUT2D eigenvalue weighted by molar-refractivity contribution is 6.08. The first-order valence-electron chi connectivity index (χ1n) is 14.1. The van der Waals surface area contributed by atoms with Gasteiger partial charge in [0.1, 0.15) is 0 Å². The second-order valence-corrected chi connectivity index (χ2v) is 10.7. The Balaban J connectivity index is 1.22. The molecule has 12 nitrogen and oxygen atoms in total. The van der Waals surface area contributed by atoms with Crippen molar-refractivity contribution in [2.24, 2.45) is 0 Å². The summed E-state index contributed by atoms with van der Waals surface area (Å²) in [5, 5.41) is 19.3. The van der Waals surface area contributed by atoms with Crippen LogP contribution in [0.1, 0.15) is 31.8 Å². The number of halogens is 3. The van der Waals surface area contributed by atoms with E-state index in [-0.39, 0.29) is 11.3 Å². The summed E-state index contributed by atoms with van der Waals surface area (Å²) < 4.78 is 39.8. The molecule has 3 aromatic carbocycles. The first-order chi connectivity index (χ1) is 21.9. The molecule has 0 saturated carbocycles. The molecule has 0 aliphatic carbocycles. The van der Waals surface area contributed by atoms with Gasteiger partial charge in [-0.15, -0.1) is 0 Å². The number of carbonyl (C=O) groups is 2. The first kappa shape index (κ1) is 31.8. The van der Waals surface area contributed by atoms with Gasteiger partial charge in [-0.2, -0.15) is 13.2 Å². The molecule has 238 valence electrons. The van der Waals surface area contributed by atoms with Crippen molar-refractivity contribution in [2.45, 2.75) is 13.1 Å². The molecule has 1 saturated heterocycles. The fraction of sp³-hybridized carbons (Fsp3) is 0.226. The highest BCUT2D eigenvalue weighted by Crippen LogP contribution is 2.33. The number of hydrogen-bond acceptors (Lipinski definition) is 9. The fourth-order valence-electron chi connectivity index (χ4n) is 4.76. The molecule has 0 radical (unpaired) electrons. The number of aromatic nitrogens is 2. The van der Waals surface area contributed by atoms with E-state index in [0.29, 0.717) is 29.3 Å². The van der Waals surface area contributed by atoms with Crippen molar-refractivity contribution in [2.75, 3.05) is 54.1 Å². The second-order valence-electron chi connectivity index (χ2n) is 10.7. The van der Waals surface area contributed by atoms with Crippen LogP contribution in [0.25, 0.3) is 0 Å². The Morgan fingerprint density at radius 2 is 1.48 bits per heavy atom. The molecule has 5 rings (SSSR count). The van der Waals surface area contributed by atoms with Gasteiger partial charge in [0.15, 0.2) is 0 Å². The molecule has 46 heavy (non-hydrogen) atoms. The van der Waals surface area contributed by atoms with Crippen LogP contribution < -0.4 is 20.9 Å². The topological polar surface area (TPSA) is 146 Å². The van der Waals surface area contributed by atoms with Crippen LogP contribution in [0.5, 0.6) is 0 Å². The number of nitro benzene ring substituents is 1. The number of benzene rings is 3. The lowest BCUT2D eigenvalue weighted by molar-refractivity contribution is -0.385. The van der Waals surface area contributed by atoms with Gasteiger partial charge in [0.25, 0.3) is 17.5 Å². The molecule has 0 bridgehead atoms. The summed E-state index contributed by atoms with van der Waals surface area (Å²) in [5.41, 5.74) is 0.246. The van der Waals surface area contributed by atoms with E-state index >= 15 is 0 Å². The van der Waals surface area contributed by atoms with Crippen molar-refractivity contribution in [1.29, 1.82) is 0 Å². The average molecular weight is 635 g/mol. The van der Waals surface area contributed by atoms with Gasteiger partial charge in [0.05, 0.1) is 28.6 Å².